The maximum atomic E-state index is 13.5. The third-order valence-electron chi connectivity index (χ3n) is 10.0. The number of nitrogens with one attached hydrogen (secondary N) is 1. The Bertz CT molecular complexity index is 645. The van der Waals surface area contributed by atoms with E-state index < -0.39 is 0 Å². The summed E-state index contributed by atoms with van der Waals surface area (Å²) in [5.41, 5.74) is 0. The van der Waals surface area contributed by atoms with Gasteiger partial charge < -0.3 is 10.1 Å². The molecule has 0 saturated heterocycles. The number of methoxy groups -OCH3 is 1. The monoisotopic (exact) mass is 583 g/mol. The summed E-state index contributed by atoms with van der Waals surface area (Å²) in [6.45, 7) is 14.0. The molecule has 230 valence electrons. The van der Waals surface area contributed by atoms with Crippen molar-refractivity contribution in [2.75, 3.05) is 38.8 Å². The maximum absolute atomic E-state index is 13.5. The van der Waals surface area contributed by atoms with E-state index in [1.807, 2.05) is 0 Å². The van der Waals surface area contributed by atoms with Crippen molar-refractivity contribution in [3.8, 4) is 0 Å². The number of unbranched alkanes of at least 4 members (excludes halogenated alkanes) is 3. The first-order valence-corrected chi connectivity index (χ1v) is 18.8. The van der Waals surface area contributed by atoms with E-state index in [4.69, 9.17) is 4.74 Å². The van der Waals surface area contributed by atoms with Crippen molar-refractivity contribution in [2.24, 2.45) is 41.4 Å². The highest BCUT2D eigenvalue weighted by Crippen LogP contribution is 2.48. The van der Waals surface area contributed by atoms with E-state index in [9.17, 15) is 4.79 Å². The number of hydrogen-bond acceptors (Lipinski definition) is 5. The van der Waals surface area contributed by atoms with Crippen LogP contribution in [0.25, 0.3) is 0 Å². The van der Waals surface area contributed by atoms with E-state index in [0.717, 1.165) is 54.9 Å². The van der Waals surface area contributed by atoms with Gasteiger partial charge in [0.25, 0.3) is 0 Å². The fourth-order valence-electron chi connectivity index (χ4n) is 6.69. The first-order valence-electron chi connectivity index (χ1n) is 16.7. The molecule has 8 atom stereocenters. The third-order valence-corrected chi connectivity index (χ3v) is 12.9. The Morgan fingerprint density at radius 1 is 0.923 bits per heavy atom. The number of Topliss-reactive ketones (excluding diaryl/α,β-unsaturated/α-hetero) is 1. The summed E-state index contributed by atoms with van der Waals surface area (Å²) in [7, 11) is 3.85. The van der Waals surface area contributed by atoms with Crippen LogP contribution in [0, 0.1) is 41.4 Å². The Kier molecular flexibility index (Phi) is 18.4. The number of thioether (sulfide) groups is 2. The van der Waals surface area contributed by atoms with Crippen LogP contribution in [0.5, 0.6) is 0 Å². The predicted molar refractivity (Wildman–Crippen MR) is 176 cm³/mol. The van der Waals surface area contributed by atoms with Gasteiger partial charge in [0.05, 0.1) is 0 Å². The summed E-state index contributed by atoms with van der Waals surface area (Å²) in [5, 5.41) is 4.80. The Labute approximate surface area is 252 Å². The second-order valence-electron chi connectivity index (χ2n) is 13.3. The first-order chi connectivity index (χ1) is 18.8. The Balaban J connectivity index is 1.84. The molecule has 3 nitrogen and oxygen atoms in total. The number of ether oxygens (including phenoxy) is 1. The second-order valence-corrected chi connectivity index (χ2v) is 16.2. The highest BCUT2D eigenvalue weighted by molar-refractivity contribution is 8.00. The van der Waals surface area contributed by atoms with Gasteiger partial charge >= 0.3 is 0 Å². The van der Waals surface area contributed by atoms with Crippen molar-refractivity contribution >= 4 is 29.3 Å². The molecule has 2 fully saturated rings. The molecular weight excluding hydrogens is 519 g/mol. The predicted octanol–water partition coefficient (Wildman–Crippen LogP) is 9.14. The van der Waals surface area contributed by atoms with Gasteiger partial charge in [-0.1, -0.05) is 60.3 Å². The van der Waals surface area contributed by atoms with Crippen molar-refractivity contribution in [3.63, 3.8) is 0 Å². The molecule has 1 N–H and O–H groups in total. The molecule has 5 heteroatoms. The molecule has 39 heavy (non-hydrogen) atoms. The van der Waals surface area contributed by atoms with Crippen LogP contribution in [-0.4, -0.2) is 55.1 Å². The molecule has 0 aliphatic heterocycles. The van der Waals surface area contributed by atoms with E-state index in [1.165, 1.54) is 82.1 Å². The van der Waals surface area contributed by atoms with Crippen molar-refractivity contribution < 1.29 is 9.53 Å². The third kappa shape index (κ3) is 13.4. The highest BCUT2D eigenvalue weighted by atomic mass is 32.2. The molecule has 0 aromatic carbocycles. The van der Waals surface area contributed by atoms with Crippen LogP contribution in [0.15, 0.2) is 0 Å². The summed E-state index contributed by atoms with van der Waals surface area (Å²) in [6, 6.07) is 0. The standard InChI is InChI=1S/C34H65NO2S2/c1-8-38-32(27(5)15-14-26(4)25(2)3)19-18-28-16-17-30(24-33(28)39-22-20-35-6)34(36)31-23-29(31)13-11-9-10-12-21-37-7/h25-33,35H,8-24H2,1-7H3. The van der Waals surface area contributed by atoms with Gasteiger partial charge in [-0.05, 0) is 100 Å². The first kappa shape index (κ1) is 35.5. The molecule has 8 unspecified atom stereocenters. The van der Waals surface area contributed by atoms with E-state index in [0.29, 0.717) is 28.8 Å². The van der Waals surface area contributed by atoms with Gasteiger partial charge in [-0.15, -0.1) is 0 Å². The van der Waals surface area contributed by atoms with E-state index in [1.54, 1.807) is 7.11 Å². The van der Waals surface area contributed by atoms with Crippen molar-refractivity contribution in [3.05, 3.63) is 0 Å². The number of carbonyl (C=O) groups is 1. The lowest BCUT2D eigenvalue weighted by Crippen LogP contribution is -2.33. The minimum atomic E-state index is 0.335. The minimum absolute atomic E-state index is 0.335. The molecule has 2 saturated carbocycles. The zero-order valence-electron chi connectivity index (χ0n) is 26.8. The SMILES string of the molecule is CCSC(CCC1CCC(C(=O)C2CC2CCCCCCOC)CC1SCCNC)C(C)CCC(C)C(C)C. The van der Waals surface area contributed by atoms with Crippen molar-refractivity contribution in [2.45, 2.75) is 129 Å². The summed E-state index contributed by atoms with van der Waals surface area (Å²) in [6.07, 6.45) is 16.5. The number of ketones is 1. The number of carbonyl (C=O) groups excluding carboxylic acids is 1. The molecule has 0 aromatic heterocycles. The zero-order chi connectivity index (χ0) is 28.6. The van der Waals surface area contributed by atoms with Crippen molar-refractivity contribution in [1.29, 1.82) is 0 Å². The van der Waals surface area contributed by atoms with Crippen LogP contribution in [-0.2, 0) is 9.53 Å². The van der Waals surface area contributed by atoms with Gasteiger partial charge in [-0.2, -0.15) is 23.5 Å². The fraction of sp³-hybridized carbons (Fsp3) is 0.971. The van der Waals surface area contributed by atoms with Gasteiger partial charge in [-0.3, -0.25) is 4.79 Å². The zero-order valence-corrected chi connectivity index (χ0v) is 28.5. The van der Waals surface area contributed by atoms with Crippen LogP contribution in [0.3, 0.4) is 0 Å². The average Bonchev–Trinajstić information content (AvgIpc) is 3.71. The molecular formula is C34H65NO2S2. The Morgan fingerprint density at radius 3 is 2.36 bits per heavy atom. The van der Waals surface area contributed by atoms with E-state index in [2.05, 4.69) is 70.5 Å². The molecule has 2 aliphatic rings. The van der Waals surface area contributed by atoms with Crippen LogP contribution in [0.2, 0.25) is 0 Å². The molecule has 0 spiro atoms. The van der Waals surface area contributed by atoms with Gasteiger partial charge in [0, 0.05) is 48.3 Å². The topological polar surface area (TPSA) is 38.3 Å². The fourth-order valence-corrected chi connectivity index (χ4v) is 9.42. The molecule has 2 rings (SSSR count). The molecule has 0 radical (unpaired) electrons. The Hall–Kier alpha value is 0.290. The number of hydrogen-bond donors (Lipinski definition) is 1. The van der Waals surface area contributed by atoms with Gasteiger partial charge in [0.15, 0.2) is 0 Å². The molecule has 2 aliphatic carbocycles. The number of rotatable bonds is 23. The van der Waals surface area contributed by atoms with Crippen LogP contribution < -0.4 is 5.32 Å². The van der Waals surface area contributed by atoms with Crippen molar-refractivity contribution in [1.82, 2.24) is 5.32 Å². The average molecular weight is 584 g/mol. The van der Waals surface area contributed by atoms with Gasteiger partial charge in [-0.25, -0.2) is 0 Å². The highest BCUT2D eigenvalue weighted by Gasteiger charge is 2.46. The summed E-state index contributed by atoms with van der Waals surface area (Å²) < 4.78 is 5.17. The summed E-state index contributed by atoms with van der Waals surface area (Å²) in [5.74, 6) is 7.68. The van der Waals surface area contributed by atoms with Crippen LogP contribution in [0.1, 0.15) is 118 Å². The molecule has 0 bridgehead atoms. The molecule has 0 heterocycles. The van der Waals surface area contributed by atoms with E-state index in [-0.39, 0.29) is 0 Å². The normalized spacial score (nSPS) is 27.4. The van der Waals surface area contributed by atoms with Crippen LogP contribution in [0.4, 0.5) is 0 Å². The second kappa shape index (κ2) is 20.2. The summed E-state index contributed by atoms with van der Waals surface area (Å²) >= 11 is 4.37. The lowest BCUT2D eigenvalue weighted by Gasteiger charge is -2.37. The lowest BCUT2D eigenvalue weighted by molar-refractivity contribution is -0.125. The Morgan fingerprint density at radius 2 is 1.67 bits per heavy atom. The van der Waals surface area contributed by atoms with E-state index >= 15 is 0 Å². The lowest BCUT2D eigenvalue weighted by atomic mass is 9.76. The smallest absolute Gasteiger partial charge is 0.139 e. The summed E-state index contributed by atoms with van der Waals surface area (Å²) in [4.78, 5) is 13.5. The largest absolute Gasteiger partial charge is 0.385 e. The van der Waals surface area contributed by atoms with Gasteiger partial charge in [0.2, 0.25) is 0 Å². The minimum Gasteiger partial charge on any atom is -0.385 e. The molecule has 0 aromatic rings. The van der Waals surface area contributed by atoms with Crippen LogP contribution >= 0.6 is 23.5 Å². The maximum Gasteiger partial charge on any atom is 0.139 e. The van der Waals surface area contributed by atoms with Gasteiger partial charge in [0.1, 0.15) is 5.78 Å². The quantitative estimate of drug-likeness (QED) is 0.121. The molecule has 0 amide bonds.